The number of nitrogens with zero attached hydrogens (tertiary/aromatic N) is 1. The molecule has 0 aliphatic heterocycles. The summed E-state index contributed by atoms with van der Waals surface area (Å²) < 4.78 is 10.7. The third-order valence-corrected chi connectivity index (χ3v) is 7.50. The lowest BCUT2D eigenvalue weighted by molar-refractivity contribution is -0.608. The predicted octanol–water partition coefficient (Wildman–Crippen LogP) is 5.72. The molecule has 0 aliphatic carbocycles. The maximum atomic E-state index is 13.0. The number of halogens is 4. The molecule has 0 saturated carbocycles. The number of rotatable bonds is 9. The van der Waals surface area contributed by atoms with Gasteiger partial charge in [0.1, 0.15) is 6.10 Å². The van der Waals surface area contributed by atoms with E-state index in [1.807, 2.05) is 0 Å². The number of aromatic hydroxyl groups is 1. The highest BCUT2D eigenvalue weighted by Crippen LogP contribution is 2.40. The molecule has 2 atom stereocenters. The second-order valence-corrected chi connectivity index (χ2v) is 10.2. The molecule has 0 fully saturated rings. The quantitative estimate of drug-likeness (QED) is 0.139. The Balaban J connectivity index is 1.90. The standard InChI is InChI=1S/C26H23Cl4NO7/c1-13(10-21(32)23-24(33)22(37-3)8-9-31(23)36)25(34)38-14(2)26(35,15-4-6-17(27)19(29)11-15)16-5-7-18(28)20(30)12-16/h4-9,11-14,33,35H,10H2,1-3H3/t13-,14+/m1/s1. The van der Waals surface area contributed by atoms with Gasteiger partial charge >= 0.3 is 11.7 Å². The van der Waals surface area contributed by atoms with Crippen LogP contribution in [0, 0.1) is 11.1 Å². The Bertz CT molecular complexity index is 1330. The summed E-state index contributed by atoms with van der Waals surface area (Å²) in [6.07, 6.45) is -0.686. The second-order valence-electron chi connectivity index (χ2n) is 8.54. The first kappa shape index (κ1) is 29.8. The molecular formula is C26H23Cl4NO7. The van der Waals surface area contributed by atoms with Crippen molar-refractivity contribution in [3.8, 4) is 11.5 Å². The number of carbonyl (C=O) groups excluding carboxylic acids is 2. The molecule has 0 saturated heterocycles. The summed E-state index contributed by atoms with van der Waals surface area (Å²) in [6, 6.07) is 10.1. The van der Waals surface area contributed by atoms with Crippen LogP contribution >= 0.6 is 46.4 Å². The van der Waals surface area contributed by atoms with Crippen LogP contribution in [0.15, 0.2) is 48.7 Å². The highest BCUT2D eigenvalue weighted by Gasteiger charge is 2.42. The molecule has 0 unspecified atom stereocenters. The lowest BCUT2D eigenvalue weighted by atomic mass is 9.82. The zero-order valence-corrected chi connectivity index (χ0v) is 23.4. The van der Waals surface area contributed by atoms with Crippen LogP contribution in [-0.4, -0.2) is 35.2 Å². The third kappa shape index (κ3) is 5.95. The monoisotopic (exact) mass is 601 g/mol. The Hall–Kier alpha value is -2.75. The van der Waals surface area contributed by atoms with Gasteiger partial charge in [0, 0.05) is 12.5 Å². The average Bonchev–Trinajstić information content (AvgIpc) is 2.86. The summed E-state index contributed by atoms with van der Waals surface area (Å²) in [5, 5.41) is 35.1. The van der Waals surface area contributed by atoms with E-state index in [1.54, 1.807) is 0 Å². The Morgan fingerprint density at radius 3 is 1.97 bits per heavy atom. The number of aliphatic hydroxyl groups is 1. The maximum Gasteiger partial charge on any atom is 0.309 e. The molecule has 3 aromatic rings. The van der Waals surface area contributed by atoms with E-state index in [0.29, 0.717) is 0 Å². The van der Waals surface area contributed by atoms with Crippen molar-refractivity contribution in [1.82, 2.24) is 0 Å². The van der Waals surface area contributed by atoms with E-state index >= 15 is 0 Å². The van der Waals surface area contributed by atoms with Gasteiger partial charge < -0.3 is 24.9 Å². The Labute approximate surface area is 238 Å². The van der Waals surface area contributed by atoms with Gasteiger partial charge in [0.2, 0.25) is 11.5 Å². The maximum absolute atomic E-state index is 13.0. The van der Waals surface area contributed by atoms with Crippen molar-refractivity contribution in [3.63, 3.8) is 0 Å². The molecule has 0 aliphatic rings. The van der Waals surface area contributed by atoms with Crippen LogP contribution < -0.4 is 9.47 Å². The van der Waals surface area contributed by atoms with Crippen LogP contribution in [0.2, 0.25) is 20.1 Å². The van der Waals surface area contributed by atoms with E-state index in [2.05, 4.69) is 0 Å². The van der Waals surface area contributed by atoms with Crippen LogP contribution in [-0.2, 0) is 15.1 Å². The summed E-state index contributed by atoms with van der Waals surface area (Å²) in [4.78, 5) is 25.8. The number of ketones is 1. The van der Waals surface area contributed by atoms with E-state index in [-0.39, 0.29) is 41.7 Å². The summed E-state index contributed by atoms with van der Waals surface area (Å²) in [7, 11) is 1.27. The molecule has 0 bridgehead atoms. The van der Waals surface area contributed by atoms with Crippen LogP contribution in [0.25, 0.3) is 0 Å². The van der Waals surface area contributed by atoms with Gasteiger partial charge in [-0.1, -0.05) is 65.5 Å². The lowest BCUT2D eigenvalue weighted by Crippen LogP contribution is -2.43. The summed E-state index contributed by atoms with van der Waals surface area (Å²) in [5.41, 5.74) is -2.02. The van der Waals surface area contributed by atoms with Gasteiger partial charge in [-0.3, -0.25) is 9.59 Å². The molecule has 2 aromatic carbocycles. The molecule has 12 heteroatoms. The fourth-order valence-electron chi connectivity index (χ4n) is 3.87. The first-order chi connectivity index (χ1) is 17.8. The van der Waals surface area contributed by atoms with Crippen molar-refractivity contribution >= 4 is 58.2 Å². The number of pyridine rings is 1. The minimum atomic E-state index is -1.95. The summed E-state index contributed by atoms with van der Waals surface area (Å²) in [5.74, 6) is -3.42. The number of hydrogen-bond acceptors (Lipinski definition) is 7. The molecule has 202 valence electrons. The Morgan fingerprint density at radius 1 is 0.974 bits per heavy atom. The van der Waals surface area contributed by atoms with E-state index in [9.17, 15) is 25.0 Å². The number of hydrogen-bond donors (Lipinski definition) is 2. The molecule has 8 nitrogen and oxygen atoms in total. The summed E-state index contributed by atoms with van der Waals surface area (Å²) >= 11 is 24.5. The average molecular weight is 603 g/mol. The minimum Gasteiger partial charge on any atom is -0.618 e. The molecule has 0 amide bonds. The fraction of sp³-hybridized carbons (Fsp3) is 0.269. The topological polar surface area (TPSA) is 120 Å². The van der Waals surface area contributed by atoms with Crippen LogP contribution in [0.5, 0.6) is 11.5 Å². The fourth-order valence-corrected chi connectivity index (χ4v) is 4.46. The Morgan fingerprint density at radius 2 is 1.50 bits per heavy atom. The van der Waals surface area contributed by atoms with E-state index in [1.165, 1.54) is 63.4 Å². The predicted molar refractivity (Wildman–Crippen MR) is 143 cm³/mol. The first-order valence-electron chi connectivity index (χ1n) is 11.2. The van der Waals surface area contributed by atoms with Gasteiger partial charge in [-0.2, -0.15) is 4.73 Å². The summed E-state index contributed by atoms with van der Waals surface area (Å²) in [6.45, 7) is 2.87. The number of Topliss-reactive ketones (excluding diaryl/α,β-unsaturated/α-hetero) is 1. The van der Waals surface area contributed by atoms with E-state index in [4.69, 9.17) is 55.9 Å². The lowest BCUT2D eigenvalue weighted by Gasteiger charge is -2.35. The zero-order valence-electron chi connectivity index (χ0n) is 20.4. The van der Waals surface area contributed by atoms with Crippen molar-refractivity contribution in [2.75, 3.05) is 7.11 Å². The van der Waals surface area contributed by atoms with Crippen molar-refractivity contribution < 1.29 is 34.0 Å². The Kier molecular flexibility index (Phi) is 9.39. The molecule has 0 radical (unpaired) electrons. The van der Waals surface area contributed by atoms with Crippen molar-refractivity contribution in [2.24, 2.45) is 5.92 Å². The van der Waals surface area contributed by atoms with Gasteiger partial charge in [0.25, 0.3) is 0 Å². The van der Waals surface area contributed by atoms with E-state index < -0.39 is 47.2 Å². The smallest absolute Gasteiger partial charge is 0.309 e. The van der Waals surface area contributed by atoms with Crippen LogP contribution in [0.1, 0.15) is 41.9 Å². The molecule has 1 aromatic heterocycles. The molecule has 2 N–H and O–H groups in total. The largest absolute Gasteiger partial charge is 0.618 e. The van der Waals surface area contributed by atoms with Gasteiger partial charge in [-0.15, -0.1) is 0 Å². The molecular weight excluding hydrogens is 580 g/mol. The van der Waals surface area contributed by atoms with Gasteiger partial charge in [-0.05, 0) is 42.3 Å². The van der Waals surface area contributed by atoms with Gasteiger partial charge in [-0.25, -0.2) is 0 Å². The minimum absolute atomic E-state index is 0.0717. The van der Waals surface area contributed by atoms with Crippen molar-refractivity contribution in [2.45, 2.75) is 32.0 Å². The second kappa shape index (κ2) is 12.0. The van der Waals surface area contributed by atoms with E-state index in [0.717, 1.165) is 6.20 Å². The van der Waals surface area contributed by atoms with Gasteiger partial charge in [0.15, 0.2) is 17.5 Å². The number of esters is 1. The number of methoxy groups -OCH3 is 1. The van der Waals surface area contributed by atoms with Crippen LogP contribution in [0.4, 0.5) is 0 Å². The van der Waals surface area contributed by atoms with Crippen LogP contribution in [0.3, 0.4) is 0 Å². The SMILES string of the molecule is COc1cc[n+]([O-])c(C(=O)C[C@@H](C)C(=O)O[C@@H](C)C(O)(c2ccc(Cl)c(Cl)c2)c2ccc(Cl)c(Cl)c2)c1O. The normalized spacial score (nSPS) is 13.1. The number of aromatic nitrogens is 1. The highest BCUT2D eigenvalue weighted by molar-refractivity contribution is 6.42. The molecule has 38 heavy (non-hydrogen) atoms. The molecule has 0 spiro atoms. The van der Waals surface area contributed by atoms with Crippen molar-refractivity contribution in [3.05, 3.63) is 90.8 Å². The molecule has 3 rings (SSSR count). The first-order valence-corrected chi connectivity index (χ1v) is 12.7. The van der Waals surface area contributed by atoms with Gasteiger partial charge in [0.05, 0.1) is 33.1 Å². The number of benzene rings is 2. The third-order valence-electron chi connectivity index (χ3n) is 6.02. The van der Waals surface area contributed by atoms with Crippen molar-refractivity contribution in [1.29, 1.82) is 0 Å². The molecule has 1 heterocycles. The number of ether oxygens (including phenoxy) is 2. The highest BCUT2D eigenvalue weighted by atomic mass is 35.5. The number of carbonyl (C=O) groups is 2. The zero-order chi connectivity index (χ0) is 28.4.